The number of hydrogen-bond donors (Lipinski definition) is 1. The molecule has 4 nitrogen and oxygen atoms in total. The van der Waals surface area contributed by atoms with Gasteiger partial charge in [-0.15, -0.1) is 6.58 Å². The summed E-state index contributed by atoms with van der Waals surface area (Å²) in [7, 11) is 0. The van der Waals surface area contributed by atoms with Gasteiger partial charge in [0.1, 0.15) is 6.07 Å². The number of hydrogen-bond acceptors (Lipinski definition) is 4. The fourth-order valence-electron chi connectivity index (χ4n) is 2.23. The molecule has 1 aliphatic heterocycles. The molecule has 0 amide bonds. The van der Waals surface area contributed by atoms with Crippen LogP contribution in [0, 0.1) is 11.3 Å². The van der Waals surface area contributed by atoms with Crippen LogP contribution in [0.2, 0.25) is 0 Å². The third kappa shape index (κ3) is 2.47. The molecular weight excluding hydrogens is 226 g/mol. The van der Waals surface area contributed by atoms with E-state index in [-0.39, 0.29) is 5.75 Å². The van der Waals surface area contributed by atoms with Crippen LogP contribution in [0.4, 0.5) is 5.69 Å². The topological polar surface area (TPSA) is 50.5 Å². The summed E-state index contributed by atoms with van der Waals surface area (Å²) >= 11 is 0. The van der Waals surface area contributed by atoms with Gasteiger partial charge in [-0.05, 0) is 12.1 Å². The summed E-state index contributed by atoms with van der Waals surface area (Å²) in [5.74, 6) is 0.0946. The maximum absolute atomic E-state index is 10.0. The highest BCUT2D eigenvalue weighted by Gasteiger charge is 2.19. The van der Waals surface area contributed by atoms with Crippen LogP contribution in [0.3, 0.4) is 0 Å². The van der Waals surface area contributed by atoms with Crippen molar-refractivity contribution >= 4 is 5.69 Å². The standard InChI is InChI=1S/C14H17N3O/c1-2-6-16-7-9-17(10-8-16)13-5-3-4-12(11-15)14(13)18/h2-5,18H,1,6-10H2. The fraction of sp³-hybridized carbons (Fsp3) is 0.357. The zero-order chi connectivity index (χ0) is 13.0. The lowest BCUT2D eigenvalue weighted by Gasteiger charge is -2.35. The van der Waals surface area contributed by atoms with Crippen LogP contribution in [0.25, 0.3) is 0 Å². The summed E-state index contributed by atoms with van der Waals surface area (Å²) in [4.78, 5) is 4.43. The molecule has 1 N–H and O–H groups in total. The molecule has 0 unspecified atom stereocenters. The first kappa shape index (κ1) is 12.5. The van der Waals surface area contributed by atoms with E-state index in [1.807, 2.05) is 24.3 Å². The predicted octanol–water partition coefficient (Wildman–Crippen LogP) is 1.57. The molecule has 1 heterocycles. The van der Waals surface area contributed by atoms with Crippen molar-refractivity contribution < 1.29 is 5.11 Å². The second-order valence-electron chi connectivity index (χ2n) is 4.36. The van der Waals surface area contributed by atoms with Crippen molar-refractivity contribution in [1.29, 1.82) is 5.26 Å². The van der Waals surface area contributed by atoms with Crippen LogP contribution in [-0.2, 0) is 0 Å². The average Bonchev–Trinajstić information content (AvgIpc) is 2.41. The highest BCUT2D eigenvalue weighted by Crippen LogP contribution is 2.30. The maximum Gasteiger partial charge on any atom is 0.156 e. The van der Waals surface area contributed by atoms with E-state index in [9.17, 15) is 5.11 Å². The van der Waals surface area contributed by atoms with Crippen molar-refractivity contribution in [2.75, 3.05) is 37.6 Å². The van der Waals surface area contributed by atoms with Crippen LogP contribution < -0.4 is 4.90 Å². The summed E-state index contributed by atoms with van der Waals surface area (Å²) in [6.07, 6.45) is 1.91. The summed E-state index contributed by atoms with van der Waals surface area (Å²) in [6, 6.07) is 7.30. The SMILES string of the molecule is C=CCN1CCN(c2cccc(C#N)c2O)CC1. The number of phenolic OH excluding ortho intramolecular Hbond substituents is 1. The van der Waals surface area contributed by atoms with E-state index in [2.05, 4.69) is 16.4 Å². The zero-order valence-corrected chi connectivity index (χ0v) is 10.3. The Bertz CT molecular complexity index is 470. The molecule has 1 aliphatic rings. The highest BCUT2D eigenvalue weighted by molar-refractivity contribution is 5.64. The van der Waals surface area contributed by atoms with Crippen molar-refractivity contribution in [1.82, 2.24) is 4.90 Å². The van der Waals surface area contributed by atoms with Crippen molar-refractivity contribution in [2.24, 2.45) is 0 Å². The second kappa shape index (κ2) is 5.56. The molecule has 18 heavy (non-hydrogen) atoms. The van der Waals surface area contributed by atoms with E-state index < -0.39 is 0 Å². The van der Waals surface area contributed by atoms with Gasteiger partial charge in [0.25, 0.3) is 0 Å². The number of rotatable bonds is 3. The van der Waals surface area contributed by atoms with Crippen LogP contribution in [0.15, 0.2) is 30.9 Å². The molecule has 0 aliphatic carbocycles. The molecule has 0 aromatic heterocycles. The Balaban J connectivity index is 2.10. The molecular formula is C14H17N3O. The molecule has 1 saturated heterocycles. The van der Waals surface area contributed by atoms with E-state index >= 15 is 0 Å². The molecule has 1 aromatic carbocycles. The Hall–Kier alpha value is -1.99. The van der Waals surface area contributed by atoms with Crippen molar-refractivity contribution in [3.05, 3.63) is 36.4 Å². The van der Waals surface area contributed by atoms with Crippen LogP contribution >= 0.6 is 0 Å². The van der Waals surface area contributed by atoms with Crippen LogP contribution in [-0.4, -0.2) is 42.7 Å². The Morgan fingerprint density at radius 3 is 2.67 bits per heavy atom. The van der Waals surface area contributed by atoms with Crippen molar-refractivity contribution in [2.45, 2.75) is 0 Å². The minimum Gasteiger partial charge on any atom is -0.504 e. The minimum atomic E-state index is 0.0946. The van der Waals surface area contributed by atoms with Gasteiger partial charge in [0, 0.05) is 32.7 Å². The quantitative estimate of drug-likeness (QED) is 0.819. The van der Waals surface area contributed by atoms with Gasteiger partial charge >= 0.3 is 0 Å². The molecule has 1 fully saturated rings. The number of piperazine rings is 1. The van der Waals surface area contributed by atoms with E-state index in [0.717, 1.165) is 38.4 Å². The fourth-order valence-corrected chi connectivity index (χ4v) is 2.23. The largest absolute Gasteiger partial charge is 0.504 e. The van der Waals surface area contributed by atoms with Gasteiger partial charge in [0.2, 0.25) is 0 Å². The van der Waals surface area contributed by atoms with Crippen molar-refractivity contribution in [3.63, 3.8) is 0 Å². The first-order valence-corrected chi connectivity index (χ1v) is 6.06. The number of para-hydroxylation sites is 1. The van der Waals surface area contributed by atoms with Gasteiger partial charge < -0.3 is 10.0 Å². The van der Waals surface area contributed by atoms with Gasteiger partial charge in [0.15, 0.2) is 5.75 Å². The number of phenols is 1. The van der Waals surface area contributed by atoms with Crippen LogP contribution in [0.1, 0.15) is 5.56 Å². The maximum atomic E-state index is 10.0. The van der Waals surface area contributed by atoms with Gasteiger partial charge in [0.05, 0.1) is 11.3 Å². The Morgan fingerprint density at radius 2 is 2.06 bits per heavy atom. The lowest BCUT2D eigenvalue weighted by Crippen LogP contribution is -2.46. The molecule has 2 rings (SSSR count). The highest BCUT2D eigenvalue weighted by atomic mass is 16.3. The monoisotopic (exact) mass is 243 g/mol. The van der Waals surface area contributed by atoms with Gasteiger partial charge in [-0.2, -0.15) is 5.26 Å². The zero-order valence-electron chi connectivity index (χ0n) is 10.3. The molecule has 0 spiro atoms. The number of nitriles is 1. The summed E-state index contributed by atoms with van der Waals surface area (Å²) in [5, 5.41) is 18.9. The van der Waals surface area contributed by atoms with Gasteiger partial charge in [-0.3, -0.25) is 4.90 Å². The molecule has 94 valence electrons. The van der Waals surface area contributed by atoms with Crippen LogP contribution in [0.5, 0.6) is 5.75 Å². The molecule has 0 radical (unpaired) electrons. The molecule has 0 saturated carbocycles. The molecule has 1 aromatic rings. The lowest BCUT2D eigenvalue weighted by molar-refractivity contribution is 0.283. The average molecular weight is 243 g/mol. The third-order valence-corrected chi connectivity index (χ3v) is 3.24. The van der Waals surface area contributed by atoms with E-state index in [0.29, 0.717) is 5.56 Å². The van der Waals surface area contributed by atoms with Gasteiger partial charge in [-0.25, -0.2) is 0 Å². The summed E-state index contributed by atoms with van der Waals surface area (Å²) in [6.45, 7) is 8.25. The lowest BCUT2D eigenvalue weighted by atomic mass is 10.1. The minimum absolute atomic E-state index is 0.0946. The predicted molar refractivity (Wildman–Crippen MR) is 71.7 cm³/mol. The number of nitrogens with zero attached hydrogens (tertiary/aromatic N) is 3. The van der Waals surface area contributed by atoms with Gasteiger partial charge in [-0.1, -0.05) is 12.1 Å². The number of benzene rings is 1. The molecule has 0 bridgehead atoms. The molecule has 4 heteroatoms. The summed E-state index contributed by atoms with van der Waals surface area (Å²) < 4.78 is 0. The third-order valence-electron chi connectivity index (χ3n) is 3.24. The normalized spacial score (nSPS) is 16.3. The number of aromatic hydroxyl groups is 1. The second-order valence-corrected chi connectivity index (χ2v) is 4.36. The first-order valence-electron chi connectivity index (χ1n) is 6.06. The van der Waals surface area contributed by atoms with E-state index in [4.69, 9.17) is 5.26 Å². The van der Waals surface area contributed by atoms with E-state index in [1.54, 1.807) is 6.07 Å². The summed E-state index contributed by atoms with van der Waals surface area (Å²) in [5.41, 5.74) is 1.09. The first-order chi connectivity index (χ1) is 8.76. The Kier molecular flexibility index (Phi) is 3.85. The van der Waals surface area contributed by atoms with Crippen molar-refractivity contribution in [3.8, 4) is 11.8 Å². The Morgan fingerprint density at radius 1 is 1.33 bits per heavy atom. The Labute approximate surface area is 107 Å². The molecule has 0 atom stereocenters. The van der Waals surface area contributed by atoms with E-state index in [1.165, 1.54) is 0 Å². The number of anilines is 1. The smallest absolute Gasteiger partial charge is 0.156 e.